The van der Waals surface area contributed by atoms with Crippen molar-refractivity contribution in [1.29, 1.82) is 0 Å². The van der Waals surface area contributed by atoms with Crippen LogP contribution < -0.4 is 11.3 Å². The van der Waals surface area contributed by atoms with Crippen molar-refractivity contribution in [3.05, 3.63) is 33.9 Å². The van der Waals surface area contributed by atoms with E-state index in [1.165, 1.54) is 24.1 Å². The number of pyridine rings is 1. The van der Waals surface area contributed by atoms with E-state index in [4.69, 9.17) is 10.8 Å². The molecule has 0 spiro atoms. The fraction of sp³-hybridized carbons (Fsp3) is 0.357. The van der Waals surface area contributed by atoms with Crippen LogP contribution in [0.15, 0.2) is 22.7 Å². The zero-order valence-electron chi connectivity index (χ0n) is 10.3. The molecular formula is C14H16BrN3. The number of fused-ring (bicyclic) bond motifs is 1. The summed E-state index contributed by atoms with van der Waals surface area (Å²) in [5.41, 5.74) is 7.30. The van der Waals surface area contributed by atoms with E-state index in [0.717, 1.165) is 27.5 Å². The Morgan fingerprint density at radius 3 is 2.78 bits per heavy atom. The second kappa shape index (κ2) is 4.52. The largest absolute Gasteiger partial charge is 0.323 e. The topological polar surface area (TPSA) is 50.9 Å². The second-order valence-corrected chi connectivity index (χ2v) is 5.74. The maximum atomic E-state index is 5.65. The molecule has 0 unspecified atom stereocenters. The molecule has 1 aromatic carbocycles. The van der Waals surface area contributed by atoms with Gasteiger partial charge in [0.15, 0.2) is 0 Å². The first-order valence-corrected chi connectivity index (χ1v) is 7.12. The Morgan fingerprint density at radius 1 is 1.39 bits per heavy atom. The molecule has 1 aliphatic carbocycles. The van der Waals surface area contributed by atoms with Gasteiger partial charge in [-0.1, -0.05) is 22.9 Å². The smallest absolute Gasteiger partial charge is 0.0759 e. The molecule has 1 saturated carbocycles. The van der Waals surface area contributed by atoms with Crippen LogP contribution in [0.25, 0.3) is 10.9 Å². The van der Waals surface area contributed by atoms with Gasteiger partial charge in [-0.15, -0.1) is 0 Å². The lowest BCUT2D eigenvalue weighted by Crippen LogP contribution is -2.09. The van der Waals surface area contributed by atoms with Crippen LogP contribution in [0.1, 0.15) is 36.9 Å². The molecule has 3 rings (SSSR count). The molecule has 1 heterocycles. The molecule has 4 heteroatoms. The molecule has 0 bridgehead atoms. The van der Waals surface area contributed by atoms with Crippen molar-refractivity contribution >= 4 is 32.5 Å². The first-order valence-electron chi connectivity index (χ1n) is 6.32. The Kier molecular flexibility index (Phi) is 2.99. The summed E-state index contributed by atoms with van der Waals surface area (Å²) in [6, 6.07) is 6.31. The lowest BCUT2D eigenvalue weighted by molar-refractivity contribution is 1.03. The third-order valence-electron chi connectivity index (χ3n) is 3.51. The Labute approximate surface area is 115 Å². The number of nitrogens with two attached hydrogens (primary N) is 1. The van der Waals surface area contributed by atoms with Crippen molar-refractivity contribution in [2.75, 3.05) is 5.43 Å². The molecule has 94 valence electrons. The summed E-state index contributed by atoms with van der Waals surface area (Å²) in [4.78, 5) is 4.84. The molecule has 1 aromatic heterocycles. The molecule has 3 nitrogen and oxygen atoms in total. The van der Waals surface area contributed by atoms with Gasteiger partial charge in [-0.05, 0) is 43.0 Å². The first kappa shape index (κ1) is 11.9. The molecule has 1 aliphatic rings. The number of benzene rings is 1. The average Bonchev–Trinajstić information content (AvgIpc) is 3.20. The molecular weight excluding hydrogens is 290 g/mol. The van der Waals surface area contributed by atoms with E-state index in [2.05, 4.69) is 46.5 Å². The third-order valence-corrected chi connectivity index (χ3v) is 3.97. The van der Waals surface area contributed by atoms with Gasteiger partial charge in [-0.2, -0.15) is 0 Å². The highest BCUT2D eigenvalue weighted by Gasteiger charge is 2.26. The third kappa shape index (κ3) is 1.99. The van der Waals surface area contributed by atoms with E-state index in [1.807, 2.05) is 0 Å². The fourth-order valence-corrected chi connectivity index (χ4v) is 2.86. The Morgan fingerprint density at radius 2 is 2.17 bits per heavy atom. The van der Waals surface area contributed by atoms with Crippen molar-refractivity contribution in [1.82, 2.24) is 4.98 Å². The molecule has 0 aliphatic heterocycles. The minimum absolute atomic E-state index is 0.634. The van der Waals surface area contributed by atoms with Gasteiger partial charge in [-0.25, -0.2) is 0 Å². The van der Waals surface area contributed by atoms with Crippen molar-refractivity contribution < 1.29 is 0 Å². The predicted octanol–water partition coefficient (Wildman–Crippen LogP) is 3.72. The van der Waals surface area contributed by atoms with Gasteiger partial charge in [0, 0.05) is 21.5 Å². The number of rotatable bonds is 3. The van der Waals surface area contributed by atoms with E-state index in [9.17, 15) is 0 Å². The molecule has 3 N–H and O–H groups in total. The Balaban J connectivity index is 2.31. The molecule has 0 saturated heterocycles. The average molecular weight is 306 g/mol. The summed E-state index contributed by atoms with van der Waals surface area (Å²) in [6.45, 7) is 2.15. The van der Waals surface area contributed by atoms with Gasteiger partial charge in [0.25, 0.3) is 0 Å². The summed E-state index contributed by atoms with van der Waals surface area (Å²) >= 11 is 3.55. The van der Waals surface area contributed by atoms with Crippen LogP contribution in [0.5, 0.6) is 0 Å². The van der Waals surface area contributed by atoms with Crippen molar-refractivity contribution in [2.45, 2.75) is 32.1 Å². The first-order chi connectivity index (χ1) is 8.72. The maximum Gasteiger partial charge on any atom is 0.0759 e. The minimum Gasteiger partial charge on any atom is -0.323 e. The number of hydrogen-bond donors (Lipinski definition) is 2. The SMILES string of the molecule is CCc1cc(Br)cc2c(NN)cc(C3CC3)nc12. The van der Waals surface area contributed by atoms with Crippen LogP contribution in [0.3, 0.4) is 0 Å². The van der Waals surface area contributed by atoms with Crippen LogP contribution in [0.2, 0.25) is 0 Å². The quantitative estimate of drug-likeness (QED) is 0.671. The highest BCUT2D eigenvalue weighted by Crippen LogP contribution is 2.41. The van der Waals surface area contributed by atoms with Crippen LogP contribution in [-0.2, 0) is 6.42 Å². The number of hydrogen-bond acceptors (Lipinski definition) is 3. The molecule has 18 heavy (non-hydrogen) atoms. The standard InChI is InChI=1S/C14H16BrN3/c1-2-8-5-10(15)6-11-13(18-16)7-12(9-3-4-9)17-14(8)11/h5-7,9H,2-4,16H2,1H3,(H,17,18). The van der Waals surface area contributed by atoms with Gasteiger partial charge >= 0.3 is 0 Å². The second-order valence-electron chi connectivity index (χ2n) is 4.83. The highest BCUT2D eigenvalue weighted by molar-refractivity contribution is 9.10. The number of nitrogen functional groups attached to an aromatic ring is 1. The van der Waals surface area contributed by atoms with Crippen molar-refractivity contribution in [3.8, 4) is 0 Å². The zero-order valence-corrected chi connectivity index (χ0v) is 11.9. The summed E-state index contributed by atoms with van der Waals surface area (Å²) in [5, 5.41) is 1.09. The van der Waals surface area contributed by atoms with Crippen LogP contribution >= 0.6 is 15.9 Å². The van der Waals surface area contributed by atoms with Gasteiger partial charge in [0.2, 0.25) is 0 Å². The van der Waals surface area contributed by atoms with E-state index in [-0.39, 0.29) is 0 Å². The van der Waals surface area contributed by atoms with Crippen LogP contribution in [-0.4, -0.2) is 4.98 Å². The fourth-order valence-electron chi connectivity index (χ4n) is 2.36. The molecule has 1 fully saturated rings. The number of nitrogens with one attached hydrogen (secondary N) is 1. The molecule has 0 amide bonds. The number of aromatic nitrogens is 1. The van der Waals surface area contributed by atoms with E-state index in [0.29, 0.717) is 5.92 Å². The lowest BCUT2D eigenvalue weighted by atomic mass is 10.0. The number of anilines is 1. The summed E-state index contributed by atoms with van der Waals surface area (Å²) in [6.07, 6.45) is 3.47. The van der Waals surface area contributed by atoms with Crippen molar-refractivity contribution in [3.63, 3.8) is 0 Å². The Hall–Kier alpha value is -1.13. The van der Waals surface area contributed by atoms with Gasteiger partial charge in [-0.3, -0.25) is 10.8 Å². The van der Waals surface area contributed by atoms with E-state index < -0.39 is 0 Å². The number of aryl methyl sites for hydroxylation is 1. The normalized spacial score (nSPS) is 15.1. The van der Waals surface area contributed by atoms with Gasteiger partial charge in [0.05, 0.1) is 11.2 Å². The maximum absolute atomic E-state index is 5.65. The van der Waals surface area contributed by atoms with Crippen LogP contribution in [0, 0.1) is 0 Å². The van der Waals surface area contributed by atoms with E-state index in [1.54, 1.807) is 0 Å². The van der Waals surface area contributed by atoms with E-state index >= 15 is 0 Å². The molecule has 2 aromatic rings. The van der Waals surface area contributed by atoms with Crippen LogP contribution in [0.4, 0.5) is 5.69 Å². The Bertz CT molecular complexity index is 606. The number of hydrazine groups is 1. The number of halogens is 1. The summed E-state index contributed by atoms with van der Waals surface area (Å²) < 4.78 is 1.07. The predicted molar refractivity (Wildman–Crippen MR) is 78.6 cm³/mol. The summed E-state index contributed by atoms with van der Waals surface area (Å²) in [5.74, 6) is 6.29. The van der Waals surface area contributed by atoms with Gasteiger partial charge < -0.3 is 5.43 Å². The van der Waals surface area contributed by atoms with Crippen molar-refractivity contribution in [2.24, 2.45) is 5.84 Å². The monoisotopic (exact) mass is 305 g/mol. The minimum atomic E-state index is 0.634. The number of nitrogens with zero attached hydrogens (tertiary/aromatic N) is 1. The lowest BCUT2D eigenvalue weighted by Gasteiger charge is -2.12. The summed E-state index contributed by atoms with van der Waals surface area (Å²) in [7, 11) is 0. The molecule has 0 atom stereocenters. The highest BCUT2D eigenvalue weighted by atomic mass is 79.9. The zero-order chi connectivity index (χ0) is 12.7. The van der Waals surface area contributed by atoms with Gasteiger partial charge in [0.1, 0.15) is 0 Å². The molecule has 0 radical (unpaired) electrons.